The first-order valence-corrected chi connectivity index (χ1v) is 6.80. The summed E-state index contributed by atoms with van der Waals surface area (Å²) in [6, 6.07) is 12.8. The molecule has 3 aromatic rings. The quantitative estimate of drug-likeness (QED) is 0.547. The van der Waals surface area contributed by atoms with Crippen LogP contribution in [0, 0.1) is 24.0 Å². The molecule has 0 fully saturated rings. The molecule has 0 N–H and O–H groups in total. The average Bonchev–Trinajstić information content (AvgIpc) is 2.97. The zero-order chi connectivity index (χ0) is 15.7. The number of aryl methyl sites for hydroxylation is 2. The maximum Gasteiger partial charge on any atom is 0.279 e. The van der Waals surface area contributed by atoms with Crippen molar-refractivity contribution in [3.8, 4) is 16.9 Å². The molecule has 0 amide bonds. The van der Waals surface area contributed by atoms with E-state index in [2.05, 4.69) is 10.3 Å². The van der Waals surface area contributed by atoms with Gasteiger partial charge in [0, 0.05) is 6.07 Å². The highest BCUT2D eigenvalue weighted by Crippen LogP contribution is 2.31. The van der Waals surface area contributed by atoms with Gasteiger partial charge in [0.15, 0.2) is 0 Å². The van der Waals surface area contributed by atoms with E-state index in [4.69, 9.17) is 0 Å². The molecule has 0 bridgehead atoms. The van der Waals surface area contributed by atoms with Crippen molar-refractivity contribution >= 4 is 5.69 Å². The van der Waals surface area contributed by atoms with E-state index in [9.17, 15) is 10.1 Å². The number of benzene rings is 2. The molecule has 0 unspecified atom stereocenters. The molecule has 0 aliphatic rings. The van der Waals surface area contributed by atoms with Crippen LogP contribution in [0.3, 0.4) is 0 Å². The predicted molar refractivity (Wildman–Crippen MR) is 82.9 cm³/mol. The molecule has 1 aromatic heterocycles. The van der Waals surface area contributed by atoms with Crippen LogP contribution in [-0.4, -0.2) is 19.9 Å². The van der Waals surface area contributed by atoms with Crippen molar-refractivity contribution in [3.05, 3.63) is 69.9 Å². The van der Waals surface area contributed by atoms with Crippen molar-refractivity contribution in [3.63, 3.8) is 0 Å². The van der Waals surface area contributed by atoms with E-state index in [1.54, 1.807) is 16.9 Å². The lowest BCUT2D eigenvalue weighted by molar-refractivity contribution is -0.384. The Morgan fingerprint density at radius 1 is 1.09 bits per heavy atom. The van der Waals surface area contributed by atoms with Crippen LogP contribution in [0.1, 0.15) is 11.1 Å². The summed E-state index contributed by atoms with van der Waals surface area (Å²) in [5.41, 5.74) is 3.84. The number of nitrogens with zero attached hydrogens (tertiary/aromatic N) is 4. The van der Waals surface area contributed by atoms with Gasteiger partial charge < -0.3 is 0 Å². The molecule has 3 rings (SSSR count). The van der Waals surface area contributed by atoms with E-state index in [1.165, 1.54) is 6.07 Å². The Bertz CT molecular complexity index is 838. The monoisotopic (exact) mass is 294 g/mol. The fraction of sp³-hybridized carbons (Fsp3) is 0.125. The predicted octanol–water partition coefficient (Wildman–Crippen LogP) is 3.46. The fourth-order valence-corrected chi connectivity index (χ4v) is 2.34. The van der Waals surface area contributed by atoms with Crippen molar-refractivity contribution in [1.82, 2.24) is 15.0 Å². The Kier molecular flexibility index (Phi) is 3.42. The van der Waals surface area contributed by atoms with Gasteiger partial charge in [-0.25, -0.2) is 4.68 Å². The minimum Gasteiger partial charge on any atom is -0.258 e. The van der Waals surface area contributed by atoms with Gasteiger partial charge in [0.1, 0.15) is 5.69 Å². The van der Waals surface area contributed by atoms with E-state index in [0.29, 0.717) is 11.3 Å². The van der Waals surface area contributed by atoms with E-state index >= 15 is 0 Å². The molecule has 0 aliphatic carbocycles. The van der Waals surface area contributed by atoms with Gasteiger partial charge in [-0.3, -0.25) is 10.1 Å². The molecule has 1 heterocycles. The smallest absolute Gasteiger partial charge is 0.258 e. The number of nitro groups is 1. The van der Waals surface area contributed by atoms with Crippen LogP contribution < -0.4 is 0 Å². The van der Waals surface area contributed by atoms with Crippen LogP contribution in [0.2, 0.25) is 0 Å². The molecule has 2 aromatic carbocycles. The largest absolute Gasteiger partial charge is 0.279 e. The highest BCUT2D eigenvalue weighted by Gasteiger charge is 2.20. The van der Waals surface area contributed by atoms with Crippen LogP contribution in [0.25, 0.3) is 16.9 Å². The first kappa shape index (κ1) is 13.9. The van der Waals surface area contributed by atoms with Crippen molar-refractivity contribution in [2.24, 2.45) is 0 Å². The Labute approximate surface area is 127 Å². The molecular formula is C16H14N4O2. The molecule has 0 atom stereocenters. The lowest BCUT2D eigenvalue weighted by Crippen LogP contribution is -1.94. The SMILES string of the molecule is Cc1ccc(-n2cc(-c3c(C)cccc3[N+](=O)[O-])nn2)cc1. The summed E-state index contributed by atoms with van der Waals surface area (Å²) in [6.45, 7) is 3.83. The van der Waals surface area contributed by atoms with Gasteiger partial charge in [-0.05, 0) is 31.5 Å². The van der Waals surface area contributed by atoms with Gasteiger partial charge >= 0.3 is 0 Å². The first-order valence-electron chi connectivity index (χ1n) is 6.80. The third kappa shape index (κ3) is 2.46. The highest BCUT2D eigenvalue weighted by atomic mass is 16.6. The number of aromatic nitrogens is 3. The summed E-state index contributed by atoms with van der Waals surface area (Å²) in [5, 5.41) is 19.4. The third-order valence-corrected chi connectivity index (χ3v) is 3.50. The molecule has 0 radical (unpaired) electrons. The van der Waals surface area contributed by atoms with Crippen LogP contribution in [0.15, 0.2) is 48.7 Å². The molecule has 6 heteroatoms. The standard InChI is InChI=1S/C16H14N4O2/c1-11-6-8-13(9-7-11)19-10-14(17-18-19)16-12(2)4-3-5-15(16)20(21)22/h3-10H,1-2H3. The first-order chi connectivity index (χ1) is 10.6. The maximum absolute atomic E-state index is 11.2. The van der Waals surface area contributed by atoms with E-state index in [1.807, 2.05) is 44.2 Å². The Morgan fingerprint density at radius 2 is 1.82 bits per heavy atom. The van der Waals surface area contributed by atoms with Gasteiger partial charge in [0.2, 0.25) is 0 Å². The second-order valence-electron chi connectivity index (χ2n) is 5.11. The zero-order valence-corrected chi connectivity index (χ0v) is 12.2. The zero-order valence-electron chi connectivity index (χ0n) is 12.2. The van der Waals surface area contributed by atoms with Crippen molar-refractivity contribution in [2.45, 2.75) is 13.8 Å². The van der Waals surface area contributed by atoms with E-state index in [-0.39, 0.29) is 5.69 Å². The molecule has 0 aliphatic heterocycles. The maximum atomic E-state index is 11.2. The molecule has 110 valence electrons. The van der Waals surface area contributed by atoms with Crippen LogP contribution in [0.5, 0.6) is 0 Å². The highest BCUT2D eigenvalue weighted by molar-refractivity contribution is 5.73. The van der Waals surface area contributed by atoms with Gasteiger partial charge in [0.25, 0.3) is 5.69 Å². The Balaban J connectivity index is 2.08. The van der Waals surface area contributed by atoms with Crippen molar-refractivity contribution < 1.29 is 4.92 Å². The van der Waals surface area contributed by atoms with Crippen LogP contribution in [0.4, 0.5) is 5.69 Å². The molecule has 0 saturated carbocycles. The molecule has 0 saturated heterocycles. The number of nitro benzene ring substituents is 1. The molecule has 0 spiro atoms. The number of rotatable bonds is 3. The number of hydrogen-bond donors (Lipinski definition) is 0. The Morgan fingerprint density at radius 3 is 2.50 bits per heavy atom. The van der Waals surface area contributed by atoms with Gasteiger partial charge in [0.05, 0.1) is 22.4 Å². The summed E-state index contributed by atoms with van der Waals surface area (Å²) >= 11 is 0. The third-order valence-electron chi connectivity index (χ3n) is 3.50. The topological polar surface area (TPSA) is 73.8 Å². The van der Waals surface area contributed by atoms with Crippen LogP contribution >= 0.6 is 0 Å². The Hall–Kier alpha value is -3.02. The summed E-state index contributed by atoms with van der Waals surface area (Å²) in [7, 11) is 0. The molecule has 22 heavy (non-hydrogen) atoms. The summed E-state index contributed by atoms with van der Waals surface area (Å²) in [5.74, 6) is 0. The van der Waals surface area contributed by atoms with Crippen molar-refractivity contribution in [1.29, 1.82) is 0 Å². The van der Waals surface area contributed by atoms with Crippen LogP contribution in [-0.2, 0) is 0 Å². The minimum atomic E-state index is -0.396. The average molecular weight is 294 g/mol. The van der Waals surface area contributed by atoms with Crippen molar-refractivity contribution in [2.75, 3.05) is 0 Å². The second kappa shape index (κ2) is 5.40. The van der Waals surface area contributed by atoms with Gasteiger partial charge in [-0.15, -0.1) is 5.10 Å². The lowest BCUT2D eigenvalue weighted by atomic mass is 10.0. The lowest BCUT2D eigenvalue weighted by Gasteiger charge is -2.03. The van der Waals surface area contributed by atoms with E-state index < -0.39 is 4.92 Å². The summed E-state index contributed by atoms with van der Waals surface area (Å²) in [4.78, 5) is 10.8. The number of hydrogen-bond acceptors (Lipinski definition) is 4. The molecular weight excluding hydrogens is 280 g/mol. The normalized spacial score (nSPS) is 10.6. The fourth-order valence-electron chi connectivity index (χ4n) is 2.34. The minimum absolute atomic E-state index is 0.0379. The second-order valence-corrected chi connectivity index (χ2v) is 5.11. The van der Waals surface area contributed by atoms with E-state index in [0.717, 1.165) is 16.8 Å². The van der Waals surface area contributed by atoms with Gasteiger partial charge in [-0.2, -0.15) is 0 Å². The summed E-state index contributed by atoms with van der Waals surface area (Å²) < 4.78 is 1.62. The molecule has 6 nitrogen and oxygen atoms in total. The summed E-state index contributed by atoms with van der Waals surface area (Å²) in [6.07, 6.45) is 1.71. The van der Waals surface area contributed by atoms with Gasteiger partial charge in [-0.1, -0.05) is 35.0 Å².